The monoisotopic (exact) mass is 500 g/mol. The number of anilines is 4. The Labute approximate surface area is 151 Å². The molecule has 3 aromatic rings. The van der Waals surface area contributed by atoms with E-state index in [0.717, 1.165) is 11.4 Å². The Morgan fingerprint density at radius 2 is 1.17 bits per heavy atom. The zero-order valence-electron chi connectivity index (χ0n) is 12.2. The van der Waals surface area contributed by atoms with E-state index < -0.39 is 11.6 Å². The number of pyridine rings is 2. The van der Waals surface area contributed by atoms with Crippen molar-refractivity contribution < 1.29 is 28.9 Å². The van der Waals surface area contributed by atoms with E-state index in [1.165, 1.54) is 24.5 Å². The fourth-order valence-corrected chi connectivity index (χ4v) is 2.50. The predicted octanol–water partition coefficient (Wildman–Crippen LogP) is 3.58. The maximum Gasteiger partial charge on any atom is 0.403 e. The summed E-state index contributed by atoms with van der Waals surface area (Å²) < 4.78 is 26.2. The van der Waals surface area contributed by atoms with Crippen LogP contribution in [0.15, 0.2) is 60.9 Å². The average Bonchev–Trinajstić information content (AvgIpc) is 2.96. The summed E-state index contributed by atoms with van der Waals surface area (Å²) in [5, 5.41) is 0. The molecular formula is C16H10BF2IrN4. The van der Waals surface area contributed by atoms with Crippen LogP contribution in [-0.2, 0) is 20.1 Å². The molecule has 1 aliphatic rings. The number of para-hydroxylation sites is 2. The van der Waals surface area contributed by atoms with Crippen LogP contribution >= 0.6 is 0 Å². The number of benzene rings is 1. The molecular weight excluding hydrogens is 489 g/mol. The Balaban J connectivity index is 0.00000169. The molecule has 0 spiro atoms. The summed E-state index contributed by atoms with van der Waals surface area (Å²) in [4.78, 5) is 11.9. The second-order valence-electron chi connectivity index (χ2n) is 5.01. The molecule has 0 saturated carbocycles. The van der Waals surface area contributed by atoms with Gasteiger partial charge in [-0.2, -0.15) is 0 Å². The van der Waals surface area contributed by atoms with E-state index in [0.29, 0.717) is 11.6 Å². The molecule has 1 aromatic carbocycles. The van der Waals surface area contributed by atoms with Gasteiger partial charge in [0, 0.05) is 20.1 Å². The van der Waals surface area contributed by atoms with Crippen LogP contribution in [0, 0.1) is 11.6 Å². The van der Waals surface area contributed by atoms with Gasteiger partial charge in [0.15, 0.2) is 0 Å². The maximum atomic E-state index is 13.1. The van der Waals surface area contributed by atoms with E-state index in [4.69, 9.17) is 0 Å². The first-order chi connectivity index (χ1) is 11.2. The second kappa shape index (κ2) is 6.67. The van der Waals surface area contributed by atoms with E-state index in [-0.39, 0.29) is 20.1 Å². The summed E-state index contributed by atoms with van der Waals surface area (Å²) in [7, 11) is 1.80. The maximum absolute atomic E-state index is 13.1. The predicted molar refractivity (Wildman–Crippen MR) is 84.9 cm³/mol. The average molecular weight is 499 g/mol. The van der Waals surface area contributed by atoms with Gasteiger partial charge < -0.3 is 9.62 Å². The zero-order chi connectivity index (χ0) is 15.8. The Kier molecular flexibility index (Phi) is 4.60. The summed E-state index contributed by atoms with van der Waals surface area (Å²) in [5.74, 6) is 0.392. The van der Waals surface area contributed by atoms with Crippen molar-refractivity contribution in [2.75, 3.05) is 9.62 Å². The molecule has 3 heterocycles. The molecule has 0 bridgehead atoms. The van der Waals surface area contributed by atoms with Crippen LogP contribution in [0.3, 0.4) is 0 Å². The quantitative estimate of drug-likeness (QED) is 0.505. The van der Waals surface area contributed by atoms with Gasteiger partial charge in [0.1, 0.15) is 23.3 Å². The third-order valence-corrected chi connectivity index (χ3v) is 3.55. The van der Waals surface area contributed by atoms with Crippen molar-refractivity contribution >= 4 is 30.6 Å². The van der Waals surface area contributed by atoms with Gasteiger partial charge in [-0.1, -0.05) is 12.1 Å². The number of rotatable bonds is 2. The van der Waals surface area contributed by atoms with Crippen molar-refractivity contribution in [1.29, 1.82) is 0 Å². The first kappa shape index (κ1) is 16.5. The van der Waals surface area contributed by atoms with Crippen LogP contribution in [0.5, 0.6) is 0 Å². The molecule has 0 saturated heterocycles. The van der Waals surface area contributed by atoms with Gasteiger partial charge in [-0.25, -0.2) is 18.7 Å². The van der Waals surface area contributed by atoms with Crippen LogP contribution in [0.2, 0.25) is 0 Å². The van der Waals surface area contributed by atoms with Gasteiger partial charge in [0.25, 0.3) is 0 Å². The Hall–Kier alpha value is -2.31. The molecule has 120 valence electrons. The SMILES string of the molecule is Fc1ccc(N2[B]N(c3ccc(F)cn3)c3ccccc32)nc1.[Ir]. The first-order valence-electron chi connectivity index (χ1n) is 6.98. The smallest absolute Gasteiger partial charge is 0.351 e. The van der Waals surface area contributed by atoms with Gasteiger partial charge in [-0.15, -0.1) is 0 Å². The fourth-order valence-electron chi connectivity index (χ4n) is 2.50. The van der Waals surface area contributed by atoms with E-state index in [1.54, 1.807) is 19.7 Å². The van der Waals surface area contributed by atoms with Crippen molar-refractivity contribution in [1.82, 2.24) is 9.97 Å². The summed E-state index contributed by atoms with van der Waals surface area (Å²) in [5.41, 5.74) is 1.77. The summed E-state index contributed by atoms with van der Waals surface area (Å²) in [6.45, 7) is 0. The molecule has 0 N–H and O–H groups in total. The minimum atomic E-state index is -0.390. The molecule has 0 amide bonds. The molecule has 0 atom stereocenters. The van der Waals surface area contributed by atoms with Crippen molar-refractivity contribution in [3.63, 3.8) is 0 Å². The van der Waals surface area contributed by atoms with Crippen molar-refractivity contribution in [2.24, 2.45) is 0 Å². The molecule has 4 rings (SSSR count). The summed E-state index contributed by atoms with van der Waals surface area (Å²) in [6, 6.07) is 13.6. The number of aromatic nitrogens is 2. The largest absolute Gasteiger partial charge is 0.403 e. The van der Waals surface area contributed by atoms with E-state index in [1.807, 2.05) is 33.9 Å². The van der Waals surface area contributed by atoms with Gasteiger partial charge in [0.2, 0.25) is 0 Å². The Bertz CT molecular complexity index is 775. The van der Waals surface area contributed by atoms with Crippen LogP contribution < -0.4 is 9.62 Å². The van der Waals surface area contributed by atoms with E-state index in [2.05, 4.69) is 9.97 Å². The van der Waals surface area contributed by atoms with Crippen molar-refractivity contribution in [2.45, 2.75) is 0 Å². The molecule has 1 aliphatic heterocycles. The number of hydrogen-bond donors (Lipinski definition) is 0. The van der Waals surface area contributed by atoms with Crippen LogP contribution in [0.25, 0.3) is 0 Å². The third kappa shape index (κ3) is 2.90. The molecule has 2 radical (unpaired) electrons. The van der Waals surface area contributed by atoms with Crippen LogP contribution in [-0.4, -0.2) is 17.5 Å². The first-order valence-corrected chi connectivity index (χ1v) is 6.98. The normalized spacial score (nSPS) is 12.4. The molecule has 2 aromatic heterocycles. The van der Waals surface area contributed by atoms with Crippen molar-refractivity contribution in [3.8, 4) is 0 Å². The summed E-state index contributed by atoms with van der Waals surface area (Å²) in [6.07, 6.45) is 2.34. The fraction of sp³-hybridized carbons (Fsp3) is 0. The van der Waals surface area contributed by atoms with Gasteiger partial charge in [-0.05, 0) is 36.4 Å². The Morgan fingerprint density at radius 3 is 1.54 bits per heavy atom. The van der Waals surface area contributed by atoms with Gasteiger partial charge in [-0.3, -0.25) is 0 Å². The topological polar surface area (TPSA) is 32.3 Å². The van der Waals surface area contributed by atoms with Crippen molar-refractivity contribution in [3.05, 3.63) is 72.6 Å². The molecule has 4 nitrogen and oxygen atoms in total. The van der Waals surface area contributed by atoms with E-state index in [9.17, 15) is 8.78 Å². The Morgan fingerprint density at radius 1 is 0.708 bits per heavy atom. The van der Waals surface area contributed by atoms with Gasteiger partial charge >= 0.3 is 7.55 Å². The molecule has 8 heteroatoms. The molecule has 0 fully saturated rings. The number of nitrogens with zero attached hydrogens (tertiary/aromatic N) is 4. The minimum Gasteiger partial charge on any atom is -0.351 e. The van der Waals surface area contributed by atoms with Gasteiger partial charge in [0.05, 0.1) is 23.8 Å². The summed E-state index contributed by atoms with van der Waals surface area (Å²) >= 11 is 0. The number of fused-ring (bicyclic) bond motifs is 1. The minimum absolute atomic E-state index is 0. The molecule has 0 unspecified atom stereocenters. The van der Waals surface area contributed by atoms with E-state index >= 15 is 0 Å². The number of halogens is 2. The second-order valence-corrected chi connectivity index (χ2v) is 5.01. The van der Waals surface area contributed by atoms with Crippen LogP contribution in [0.1, 0.15) is 0 Å². The van der Waals surface area contributed by atoms with Crippen LogP contribution in [0.4, 0.5) is 31.8 Å². The third-order valence-electron chi connectivity index (χ3n) is 3.55. The molecule has 0 aliphatic carbocycles. The molecule has 24 heavy (non-hydrogen) atoms. The standard InChI is InChI=1S/C16H10BF2N4.Ir/c18-11-5-7-15(20-9-11)22-13-3-1-2-4-14(13)23(17-22)16-8-6-12(19)10-21-16;/h1-10H;. The zero-order valence-corrected chi connectivity index (χ0v) is 14.6. The number of hydrogen-bond acceptors (Lipinski definition) is 4.